The lowest BCUT2D eigenvalue weighted by Gasteiger charge is -2.12. The Hall–Kier alpha value is -3.10. The van der Waals surface area contributed by atoms with Crippen LogP contribution in [0.3, 0.4) is 0 Å². The Morgan fingerprint density at radius 3 is 2.68 bits per heavy atom. The van der Waals surface area contributed by atoms with E-state index in [0.717, 1.165) is 22.2 Å². The molecule has 1 heterocycles. The predicted molar refractivity (Wildman–Crippen MR) is 111 cm³/mol. The van der Waals surface area contributed by atoms with E-state index in [-0.39, 0.29) is 12.3 Å². The van der Waals surface area contributed by atoms with Gasteiger partial charge in [0.15, 0.2) is 0 Å². The molecule has 1 atom stereocenters. The van der Waals surface area contributed by atoms with E-state index in [4.69, 9.17) is 16.3 Å². The van der Waals surface area contributed by atoms with Crippen molar-refractivity contribution in [1.29, 1.82) is 5.26 Å². The number of aromatic nitrogens is 1. The second kappa shape index (κ2) is 8.73. The third-order valence-corrected chi connectivity index (χ3v) is 4.66. The Balaban J connectivity index is 1.75. The summed E-state index contributed by atoms with van der Waals surface area (Å²) < 4.78 is 5.38. The van der Waals surface area contributed by atoms with E-state index in [2.05, 4.69) is 16.4 Å². The molecule has 0 aliphatic heterocycles. The summed E-state index contributed by atoms with van der Waals surface area (Å²) in [6.07, 6.45) is 0.189. The fraction of sp³-hybridized carbons (Fsp3) is 0.227. The smallest absolute Gasteiger partial charge is 0.242 e. The Bertz CT molecular complexity index is 1040. The zero-order valence-corrected chi connectivity index (χ0v) is 16.5. The normalized spacial score (nSPS) is 11.6. The molecule has 1 N–H and O–H groups in total. The van der Waals surface area contributed by atoms with E-state index in [1.807, 2.05) is 38.1 Å². The van der Waals surface area contributed by atoms with Crippen LogP contribution in [0, 0.1) is 24.2 Å². The molecule has 0 aliphatic carbocycles. The average Bonchev–Trinajstić information content (AvgIpc) is 2.68. The fourth-order valence-electron chi connectivity index (χ4n) is 2.89. The second-order valence-corrected chi connectivity index (χ2v) is 6.82. The van der Waals surface area contributed by atoms with Crippen molar-refractivity contribution < 1.29 is 9.53 Å². The van der Waals surface area contributed by atoms with Gasteiger partial charge in [-0.1, -0.05) is 23.7 Å². The average molecular weight is 394 g/mol. The third-order valence-electron chi connectivity index (χ3n) is 4.33. The highest BCUT2D eigenvalue weighted by molar-refractivity contribution is 6.30. The molecule has 0 saturated carbocycles. The van der Waals surface area contributed by atoms with Gasteiger partial charge in [0.05, 0.1) is 18.2 Å². The van der Waals surface area contributed by atoms with Gasteiger partial charge in [-0.25, -0.2) is 4.98 Å². The Labute approximate surface area is 168 Å². The van der Waals surface area contributed by atoms with Gasteiger partial charge in [-0.2, -0.15) is 5.26 Å². The SMILES string of the molecule is CCOc1ccc(NC(=O)[C@H](C#N)Cc2cc3ccc(C)cc3nc2Cl)cc1. The van der Waals surface area contributed by atoms with Crippen LogP contribution < -0.4 is 10.1 Å². The predicted octanol–water partition coefficient (Wildman–Crippen LogP) is 4.92. The number of benzene rings is 2. The fourth-order valence-corrected chi connectivity index (χ4v) is 3.11. The molecule has 3 aromatic rings. The van der Waals surface area contributed by atoms with Crippen molar-refractivity contribution in [1.82, 2.24) is 4.98 Å². The van der Waals surface area contributed by atoms with E-state index in [9.17, 15) is 10.1 Å². The quantitative estimate of drug-likeness (QED) is 0.603. The Morgan fingerprint density at radius 1 is 1.25 bits per heavy atom. The van der Waals surface area contributed by atoms with Crippen molar-refractivity contribution in [2.45, 2.75) is 20.3 Å². The molecule has 1 amide bonds. The number of carbonyl (C=O) groups is 1. The number of pyridine rings is 1. The van der Waals surface area contributed by atoms with Crippen molar-refractivity contribution in [3.63, 3.8) is 0 Å². The maximum absolute atomic E-state index is 12.5. The number of nitriles is 1. The summed E-state index contributed by atoms with van der Waals surface area (Å²) in [6, 6.07) is 16.9. The highest BCUT2D eigenvalue weighted by Gasteiger charge is 2.21. The number of ether oxygens (including phenoxy) is 1. The number of fused-ring (bicyclic) bond motifs is 1. The summed E-state index contributed by atoms with van der Waals surface area (Å²) in [5, 5.41) is 13.5. The molecule has 0 fully saturated rings. The molecule has 0 saturated heterocycles. The third kappa shape index (κ3) is 4.59. The van der Waals surface area contributed by atoms with E-state index in [0.29, 0.717) is 23.0 Å². The van der Waals surface area contributed by atoms with E-state index < -0.39 is 5.92 Å². The van der Waals surface area contributed by atoms with E-state index in [1.165, 1.54) is 0 Å². The van der Waals surface area contributed by atoms with Gasteiger partial charge in [0.2, 0.25) is 5.91 Å². The summed E-state index contributed by atoms with van der Waals surface area (Å²) in [4.78, 5) is 17.0. The zero-order chi connectivity index (χ0) is 20.1. The first-order valence-corrected chi connectivity index (χ1v) is 9.37. The first kappa shape index (κ1) is 19.7. The van der Waals surface area contributed by atoms with Gasteiger partial charge in [0.1, 0.15) is 16.8 Å². The van der Waals surface area contributed by atoms with Crippen molar-refractivity contribution in [2.24, 2.45) is 5.92 Å². The number of carbonyl (C=O) groups excluding carboxylic acids is 1. The first-order chi connectivity index (χ1) is 13.5. The largest absolute Gasteiger partial charge is 0.494 e. The molecule has 0 aliphatic rings. The van der Waals surface area contributed by atoms with Crippen LogP contribution in [0.1, 0.15) is 18.1 Å². The number of hydrogen-bond acceptors (Lipinski definition) is 4. The lowest BCUT2D eigenvalue weighted by molar-refractivity contribution is -0.118. The van der Waals surface area contributed by atoms with Gasteiger partial charge < -0.3 is 10.1 Å². The summed E-state index contributed by atoms with van der Waals surface area (Å²) in [6.45, 7) is 4.46. The van der Waals surface area contributed by atoms with Crippen LogP contribution in [0.15, 0.2) is 48.5 Å². The Morgan fingerprint density at radius 2 is 2.00 bits per heavy atom. The lowest BCUT2D eigenvalue weighted by atomic mass is 9.99. The summed E-state index contributed by atoms with van der Waals surface area (Å²) in [5.41, 5.74) is 3.16. The van der Waals surface area contributed by atoms with Gasteiger partial charge in [0.25, 0.3) is 0 Å². The van der Waals surface area contributed by atoms with E-state index in [1.54, 1.807) is 24.3 Å². The molecule has 5 nitrogen and oxygen atoms in total. The molecule has 0 spiro atoms. The van der Waals surface area contributed by atoms with Crippen LogP contribution in [-0.4, -0.2) is 17.5 Å². The van der Waals surface area contributed by atoms with Gasteiger partial charge in [-0.05, 0) is 61.4 Å². The molecule has 0 radical (unpaired) electrons. The number of aryl methyl sites for hydroxylation is 1. The molecule has 2 aromatic carbocycles. The maximum atomic E-state index is 12.5. The standard InChI is InChI=1S/C22H20ClN3O2/c1-3-28-19-8-6-18(7-9-19)25-22(27)17(13-24)12-16-11-15-5-4-14(2)10-20(15)26-21(16)23/h4-11,17H,3,12H2,1-2H3,(H,25,27)/t17-/m0/s1. The van der Waals surface area contributed by atoms with Crippen LogP contribution in [0.4, 0.5) is 5.69 Å². The molecule has 142 valence electrons. The monoisotopic (exact) mass is 393 g/mol. The van der Waals surface area contributed by atoms with Crippen molar-refractivity contribution in [3.05, 3.63) is 64.8 Å². The van der Waals surface area contributed by atoms with Crippen molar-refractivity contribution in [2.75, 3.05) is 11.9 Å². The van der Waals surface area contributed by atoms with Gasteiger partial charge in [-0.15, -0.1) is 0 Å². The van der Waals surface area contributed by atoms with Crippen molar-refractivity contribution in [3.8, 4) is 11.8 Å². The number of hydrogen-bond donors (Lipinski definition) is 1. The molecule has 28 heavy (non-hydrogen) atoms. The van der Waals surface area contributed by atoms with Crippen LogP contribution in [0.2, 0.25) is 5.15 Å². The van der Waals surface area contributed by atoms with Gasteiger partial charge in [-0.3, -0.25) is 4.79 Å². The number of anilines is 1. The minimum absolute atomic E-state index is 0.189. The van der Waals surface area contributed by atoms with Gasteiger partial charge >= 0.3 is 0 Å². The lowest BCUT2D eigenvalue weighted by Crippen LogP contribution is -2.23. The molecule has 3 rings (SSSR count). The van der Waals surface area contributed by atoms with Crippen LogP contribution in [-0.2, 0) is 11.2 Å². The van der Waals surface area contributed by atoms with Gasteiger partial charge in [0, 0.05) is 17.5 Å². The summed E-state index contributed by atoms with van der Waals surface area (Å²) in [7, 11) is 0. The molecule has 0 bridgehead atoms. The highest BCUT2D eigenvalue weighted by atomic mass is 35.5. The summed E-state index contributed by atoms with van der Waals surface area (Å²) in [5.74, 6) is -0.540. The zero-order valence-electron chi connectivity index (χ0n) is 15.7. The number of amides is 1. The molecule has 1 aromatic heterocycles. The number of halogens is 1. The van der Waals surface area contributed by atoms with Crippen molar-refractivity contribution >= 4 is 34.1 Å². The second-order valence-electron chi connectivity index (χ2n) is 6.47. The number of nitrogens with one attached hydrogen (secondary N) is 1. The van der Waals surface area contributed by atoms with E-state index >= 15 is 0 Å². The van der Waals surface area contributed by atoms with Crippen LogP contribution in [0.25, 0.3) is 10.9 Å². The number of nitrogens with zero attached hydrogens (tertiary/aromatic N) is 2. The number of rotatable bonds is 6. The minimum atomic E-state index is -0.881. The molecular formula is C22H20ClN3O2. The summed E-state index contributed by atoms with van der Waals surface area (Å²) >= 11 is 6.30. The molecular weight excluding hydrogens is 374 g/mol. The maximum Gasteiger partial charge on any atom is 0.242 e. The highest BCUT2D eigenvalue weighted by Crippen LogP contribution is 2.24. The molecule has 0 unspecified atom stereocenters. The molecule has 6 heteroatoms. The Kier molecular flexibility index (Phi) is 6.13. The van der Waals surface area contributed by atoms with Crippen LogP contribution in [0.5, 0.6) is 5.75 Å². The topological polar surface area (TPSA) is 75.0 Å². The first-order valence-electron chi connectivity index (χ1n) is 8.99. The van der Waals surface area contributed by atoms with Crippen LogP contribution >= 0.6 is 11.6 Å². The minimum Gasteiger partial charge on any atom is -0.494 e.